The molecule has 0 bridgehead atoms. The van der Waals surface area contributed by atoms with Gasteiger partial charge in [-0.1, -0.05) is 30.3 Å². The first-order valence-electron chi connectivity index (χ1n) is 8.34. The minimum absolute atomic E-state index is 0.658. The van der Waals surface area contributed by atoms with E-state index in [-0.39, 0.29) is 0 Å². The molecule has 2 fully saturated rings. The minimum atomic E-state index is 0.658. The first-order chi connectivity index (χ1) is 10.9. The van der Waals surface area contributed by atoms with Crippen molar-refractivity contribution >= 4 is 11.8 Å². The molecule has 2 nitrogen and oxygen atoms in total. The molecule has 2 saturated heterocycles. The van der Waals surface area contributed by atoms with E-state index in [9.17, 15) is 0 Å². The van der Waals surface area contributed by atoms with Crippen molar-refractivity contribution in [2.75, 3.05) is 6.54 Å². The van der Waals surface area contributed by atoms with E-state index in [1.807, 2.05) is 24.2 Å². The quantitative estimate of drug-likeness (QED) is 0.800. The van der Waals surface area contributed by atoms with Crippen LogP contribution in [0.5, 0.6) is 0 Å². The van der Waals surface area contributed by atoms with E-state index in [1.165, 1.54) is 54.0 Å². The molecule has 0 amide bonds. The lowest BCUT2D eigenvalue weighted by Crippen LogP contribution is -2.35. The van der Waals surface area contributed by atoms with Crippen molar-refractivity contribution in [3.05, 3.63) is 54.4 Å². The van der Waals surface area contributed by atoms with Crippen molar-refractivity contribution in [2.45, 2.75) is 54.0 Å². The highest BCUT2D eigenvalue weighted by molar-refractivity contribution is 7.99. The van der Waals surface area contributed by atoms with Gasteiger partial charge in [0, 0.05) is 34.3 Å². The number of pyridine rings is 1. The predicted molar refractivity (Wildman–Crippen MR) is 91.1 cm³/mol. The number of piperidine rings is 1. The maximum atomic E-state index is 4.07. The summed E-state index contributed by atoms with van der Waals surface area (Å²) in [7, 11) is 0. The molecule has 0 spiro atoms. The summed E-state index contributed by atoms with van der Waals surface area (Å²) in [5.74, 6) is 0. The van der Waals surface area contributed by atoms with E-state index in [2.05, 4.69) is 46.3 Å². The topological polar surface area (TPSA) is 16.1 Å². The Balaban J connectivity index is 1.48. The van der Waals surface area contributed by atoms with Crippen molar-refractivity contribution < 1.29 is 0 Å². The summed E-state index contributed by atoms with van der Waals surface area (Å²) in [6.45, 7) is 1.29. The molecule has 0 aliphatic carbocycles. The molecule has 1 aromatic heterocycles. The third kappa shape index (κ3) is 2.92. The average molecular weight is 310 g/mol. The van der Waals surface area contributed by atoms with Crippen LogP contribution in [0.3, 0.4) is 0 Å². The highest BCUT2D eigenvalue weighted by atomic mass is 32.2. The Hall–Kier alpha value is -1.32. The molecule has 2 aliphatic heterocycles. The zero-order valence-electron chi connectivity index (χ0n) is 12.8. The Kier molecular flexibility index (Phi) is 4.17. The van der Waals surface area contributed by atoms with Crippen molar-refractivity contribution in [3.63, 3.8) is 0 Å². The Labute approximate surface area is 136 Å². The lowest BCUT2D eigenvalue weighted by molar-refractivity contribution is 0.150. The van der Waals surface area contributed by atoms with Gasteiger partial charge in [0.2, 0.25) is 0 Å². The number of nitrogens with zero attached hydrogens (tertiary/aromatic N) is 2. The van der Waals surface area contributed by atoms with Gasteiger partial charge < -0.3 is 0 Å². The standard InChI is InChI=1S/C19H22N2S/c1-2-14-21-16(3-1)6-9-19(21)15-4-7-17(8-5-15)22-18-10-12-20-13-11-18/h4-5,7-8,10-13,16,19H,1-3,6,9,14H2/t16?,19-/m0/s1. The van der Waals surface area contributed by atoms with Gasteiger partial charge in [-0.15, -0.1) is 0 Å². The number of hydrogen-bond donors (Lipinski definition) is 0. The van der Waals surface area contributed by atoms with E-state index >= 15 is 0 Å². The third-order valence-corrected chi connectivity index (χ3v) is 6.01. The molecule has 2 aromatic rings. The SMILES string of the molecule is c1cc(Sc2ccc([C@@H]3CCC4CCCCN43)cc2)ccn1. The van der Waals surface area contributed by atoms with Gasteiger partial charge in [0.1, 0.15) is 0 Å². The van der Waals surface area contributed by atoms with Crippen LogP contribution in [0.4, 0.5) is 0 Å². The molecule has 1 unspecified atom stereocenters. The van der Waals surface area contributed by atoms with Crippen LogP contribution in [0.15, 0.2) is 58.6 Å². The zero-order chi connectivity index (χ0) is 14.8. The Bertz CT molecular complexity index is 611. The summed E-state index contributed by atoms with van der Waals surface area (Å²) in [5, 5.41) is 0. The molecular formula is C19H22N2S. The summed E-state index contributed by atoms with van der Waals surface area (Å²) < 4.78 is 0. The normalized spacial score (nSPS) is 25.1. The van der Waals surface area contributed by atoms with E-state index in [4.69, 9.17) is 0 Å². The van der Waals surface area contributed by atoms with Crippen LogP contribution in [-0.4, -0.2) is 22.5 Å². The van der Waals surface area contributed by atoms with E-state index in [1.54, 1.807) is 0 Å². The number of aromatic nitrogens is 1. The fourth-order valence-electron chi connectivity index (χ4n) is 3.92. The summed E-state index contributed by atoms with van der Waals surface area (Å²) >= 11 is 1.81. The summed E-state index contributed by atoms with van der Waals surface area (Å²) in [5.41, 5.74) is 1.50. The van der Waals surface area contributed by atoms with Crippen LogP contribution in [0.2, 0.25) is 0 Å². The van der Waals surface area contributed by atoms with Crippen molar-refractivity contribution in [1.82, 2.24) is 9.88 Å². The third-order valence-electron chi connectivity index (χ3n) is 5.00. The Morgan fingerprint density at radius 3 is 2.45 bits per heavy atom. The summed E-state index contributed by atoms with van der Waals surface area (Å²) in [6.07, 6.45) is 10.6. The molecule has 22 heavy (non-hydrogen) atoms. The molecule has 2 atom stereocenters. The second-order valence-corrected chi connectivity index (χ2v) is 7.48. The monoisotopic (exact) mass is 310 g/mol. The van der Waals surface area contributed by atoms with Gasteiger partial charge in [-0.25, -0.2) is 0 Å². The van der Waals surface area contributed by atoms with Crippen LogP contribution in [0, 0.1) is 0 Å². The smallest absolute Gasteiger partial charge is 0.0351 e. The summed E-state index contributed by atoms with van der Waals surface area (Å²) in [6, 6.07) is 14.9. The van der Waals surface area contributed by atoms with Crippen LogP contribution in [0.1, 0.15) is 43.7 Å². The van der Waals surface area contributed by atoms with Crippen LogP contribution < -0.4 is 0 Å². The highest BCUT2D eigenvalue weighted by Crippen LogP contribution is 2.40. The molecule has 3 heteroatoms. The van der Waals surface area contributed by atoms with E-state index < -0.39 is 0 Å². The van der Waals surface area contributed by atoms with Crippen molar-refractivity contribution in [1.29, 1.82) is 0 Å². The van der Waals surface area contributed by atoms with Gasteiger partial charge in [0.25, 0.3) is 0 Å². The van der Waals surface area contributed by atoms with Gasteiger partial charge in [-0.3, -0.25) is 9.88 Å². The maximum Gasteiger partial charge on any atom is 0.0351 e. The molecule has 0 radical (unpaired) electrons. The molecular weight excluding hydrogens is 288 g/mol. The van der Waals surface area contributed by atoms with Gasteiger partial charge >= 0.3 is 0 Å². The lowest BCUT2D eigenvalue weighted by atomic mass is 10.0. The van der Waals surface area contributed by atoms with Crippen molar-refractivity contribution in [3.8, 4) is 0 Å². The fourth-order valence-corrected chi connectivity index (χ4v) is 4.72. The van der Waals surface area contributed by atoms with Gasteiger partial charge in [-0.05, 0) is 62.1 Å². The van der Waals surface area contributed by atoms with Crippen LogP contribution in [0.25, 0.3) is 0 Å². The highest BCUT2D eigenvalue weighted by Gasteiger charge is 2.35. The second kappa shape index (κ2) is 6.43. The van der Waals surface area contributed by atoms with Crippen LogP contribution in [-0.2, 0) is 0 Å². The van der Waals surface area contributed by atoms with Crippen LogP contribution >= 0.6 is 11.8 Å². The molecule has 2 aliphatic rings. The van der Waals surface area contributed by atoms with E-state index in [0.29, 0.717) is 6.04 Å². The fraction of sp³-hybridized carbons (Fsp3) is 0.421. The molecule has 3 heterocycles. The second-order valence-electron chi connectivity index (χ2n) is 6.33. The largest absolute Gasteiger partial charge is 0.293 e. The minimum Gasteiger partial charge on any atom is -0.293 e. The number of hydrogen-bond acceptors (Lipinski definition) is 3. The Morgan fingerprint density at radius 2 is 1.64 bits per heavy atom. The molecule has 1 aromatic carbocycles. The van der Waals surface area contributed by atoms with Gasteiger partial charge in [0.15, 0.2) is 0 Å². The first kappa shape index (κ1) is 14.3. The Morgan fingerprint density at radius 1 is 0.864 bits per heavy atom. The lowest BCUT2D eigenvalue weighted by Gasteiger charge is -2.34. The molecule has 114 valence electrons. The molecule has 0 saturated carbocycles. The predicted octanol–water partition coefficient (Wildman–Crippen LogP) is 4.92. The number of rotatable bonds is 3. The first-order valence-corrected chi connectivity index (χ1v) is 9.15. The maximum absolute atomic E-state index is 4.07. The average Bonchev–Trinajstić information content (AvgIpc) is 3.01. The molecule has 0 N–H and O–H groups in total. The summed E-state index contributed by atoms with van der Waals surface area (Å²) in [4.78, 5) is 9.39. The number of fused-ring (bicyclic) bond motifs is 1. The van der Waals surface area contributed by atoms with Gasteiger partial charge in [0.05, 0.1) is 0 Å². The van der Waals surface area contributed by atoms with E-state index in [0.717, 1.165) is 6.04 Å². The van der Waals surface area contributed by atoms with Gasteiger partial charge in [-0.2, -0.15) is 0 Å². The zero-order valence-corrected chi connectivity index (χ0v) is 13.6. The molecule has 4 rings (SSSR count). The van der Waals surface area contributed by atoms with Crippen molar-refractivity contribution in [2.24, 2.45) is 0 Å². The number of benzene rings is 1.